The Balaban J connectivity index is 1.55. The number of amides is 1. The molecule has 2 aromatic carbocycles. The lowest BCUT2D eigenvalue weighted by molar-refractivity contribution is -0.116. The van der Waals surface area contributed by atoms with Gasteiger partial charge in [0, 0.05) is 39.2 Å². The molecule has 0 bridgehead atoms. The van der Waals surface area contributed by atoms with E-state index in [1.807, 2.05) is 0 Å². The van der Waals surface area contributed by atoms with Crippen LogP contribution in [0.5, 0.6) is 0 Å². The fourth-order valence-corrected chi connectivity index (χ4v) is 4.77. The molecule has 0 unspecified atom stereocenters. The minimum absolute atomic E-state index is 0.179. The van der Waals surface area contributed by atoms with Crippen LogP contribution in [0.3, 0.4) is 0 Å². The first-order chi connectivity index (χ1) is 16.2. The fourth-order valence-electron chi connectivity index (χ4n) is 3.85. The number of aryl methyl sites for hydroxylation is 2. The SMILES string of the molecule is CCCCn1c(CCC(=O)Nc2ccc3[nH]c(=O)[nH]c3c2)nc2cc(S(=O)(=O)N(C)C)ccc21. The van der Waals surface area contributed by atoms with Gasteiger partial charge < -0.3 is 19.9 Å². The summed E-state index contributed by atoms with van der Waals surface area (Å²) in [7, 11) is -0.578. The van der Waals surface area contributed by atoms with Crippen molar-refractivity contribution in [2.75, 3.05) is 19.4 Å². The van der Waals surface area contributed by atoms with Gasteiger partial charge in [-0.05, 0) is 42.8 Å². The van der Waals surface area contributed by atoms with Crippen molar-refractivity contribution in [3.63, 3.8) is 0 Å². The number of sulfonamides is 1. The number of carbonyl (C=O) groups excluding carboxylic acids is 1. The molecule has 0 saturated carbocycles. The summed E-state index contributed by atoms with van der Waals surface area (Å²) in [6, 6.07) is 10.1. The van der Waals surface area contributed by atoms with Gasteiger partial charge in [-0.2, -0.15) is 0 Å². The van der Waals surface area contributed by atoms with E-state index in [-0.39, 0.29) is 22.9 Å². The van der Waals surface area contributed by atoms with Gasteiger partial charge in [0.05, 0.1) is 27.0 Å². The first-order valence-electron chi connectivity index (χ1n) is 11.1. The Labute approximate surface area is 197 Å². The Morgan fingerprint density at radius 3 is 2.62 bits per heavy atom. The smallest absolute Gasteiger partial charge is 0.323 e. The lowest BCUT2D eigenvalue weighted by atomic mass is 10.2. The Bertz CT molecular complexity index is 1510. The van der Waals surface area contributed by atoms with Crippen molar-refractivity contribution in [1.29, 1.82) is 0 Å². The molecule has 180 valence electrons. The molecule has 0 spiro atoms. The molecule has 1 amide bonds. The Kier molecular flexibility index (Phi) is 6.58. The van der Waals surface area contributed by atoms with Crippen molar-refractivity contribution in [3.05, 3.63) is 52.7 Å². The molecule has 0 aliphatic carbocycles. The van der Waals surface area contributed by atoms with Gasteiger partial charge in [0.1, 0.15) is 5.82 Å². The van der Waals surface area contributed by atoms with E-state index in [4.69, 9.17) is 0 Å². The fraction of sp³-hybridized carbons (Fsp3) is 0.348. The number of aromatic amines is 2. The lowest BCUT2D eigenvalue weighted by Crippen LogP contribution is -2.22. The summed E-state index contributed by atoms with van der Waals surface area (Å²) in [5.74, 6) is 0.561. The van der Waals surface area contributed by atoms with Crippen LogP contribution in [-0.4, -0.2) is 52.2 Å². The quantitative estimate of drug-likeness (QED) is 0.336. The lowest BCUT2D eigenvalue weighted by Gasteiger charge is -2.11. The molecule has 0 aliphatic heterocycles. The average Bonchev–Trinajstić information content (AvgIpc) is 3.34. The van der Waals surface area contributed by atoms with Crippen LogP contribution in [-0.2, 0) is 27.8 Å². The molecule has 4 rings (SSSR count). The predicted molar refractivity (Wildman–Crippen MR) is 131 cm³/mol. The third-order valence-corrected chi connectivity index (χ3v) is 7.50. The Hall–Kier alpha value is -3.44. The number of carbonyl (C=O) groups is 1. The maximum atomic E-state index is 12.6. The van der Waals surface area contributed by atoms with Crippen LogP contribution >= 0.6 is 0 Å². The molecule has 0 aliphatic rings. The molecule has 0 atom stereocenters. The molecular formula is C23H28N6O4S. The zero-order valence-electron chi connectivity index (χ0n) is 19.4. The highest BCUT2D eigenvalue weighted by molar-refractivity contribution is 7.89. The minimum Gasteiger partial charge on any atom is -0.328 e. The Morgan fingerprint density at radius 1 is 1.12 bits per heavy atom. The van der Waals surface area contributed by atoms with Crippen LogP contribution in [0, 0.1) is 0 Å². The second-order valence-corrected chi connectivity index (χ2v) is 10.5. The molecule has 0 fully saturated rings. The van der Waals surface area contributed by atoms with E-state index in [0.717, 1.165) is 30.7 Å². The normalized spacial score (nSPS) is 12.1. The minimum atomic E-state index is -3.57. The van der Waals surface area contributed by atoms with Crippen molar-refractivity contribution in [3.8, 4) is 0 Å². The predicted octanol–water partition coefficient (Wildman–Crippen LogP) is 2.83. The zero-order chi connectivity index (χ0) is 24.5. The van der Waals surface area contributed by atoms with Crippen LogP contribution < -0.4 is 11.0 Å². The van der Waals surface area contributed by atoms with Gasteiger partial charge >= 0.3 is 5.69 Å². The maximum Gasteiger partial charge on any atom is 0.323 e. The number of hydrogen-bond acceptors (Lipinski definition) is 5. The van der Waals surface area contributed by atoms with Crippen molar-refractivity contribution in [2.45, 2.75) is 44.0 Å². The summed E-state index contributed by atoms with van der Waals surface area (Å²) >= 11 is 0. The van der Waals surface area contributed by atoms with Gasteiger partial charge in [0.25, 0.3) is 0 Å². The largest absolute Gasteiger partial charge is 0.328 e. The van der Waals surface area contributed by atoms with E-state index in [0.29, 0.717) is 28.7 Å². The van der Waals surface area contributed by atoms with Crippen LogP contribution in [0.25, 0.3) is 22.1 Å². The van der Waals surface area contributed by atoms with Crippen LogP contribution in [0.15, 0.2) is 46.1 Å². The molecular weight excluding hydrogens is 456 g/mol. The summed E-state index contributed by atoms with van der Waals surface area (Å²) < 4.78 is 28.3. The molecule has 4 aromatic rings. The third-order valence-electron chi connectivity index (χ3n) is 5.69. The summed E-state index contributed by atoms with van der Waals surface area (Å²) in [6.07, 6.45) is 2.55. The maximum absolute atomic E-state index is 12.6. The number of rotatable bonds is 9. The van der Waals surface area contributed by atoms with Gasteiger partial charge in [0.2, 0.25) is 15.9 Å². The molecule has 2 heterocycles. The van der Waals surface area contributed by atoms with Crippen molar-refractivity contribution < 1.29 is 13.2 Å². The van der Waals surface area contributed by atoms with Crippen molar-refractivity contribution in [2.24, 2.45) is 0 Å². The molecule has 11 heteroatoms. The van der Waals surface area contributed by atoms with Gasteiger partial charge in [-0.1, -0.05) is 13.3 Å². The standard InChI is InChI=1S/C23H28N6O4S/c1-4-5-12-29-20-9-7-16(34(32,33)28(2)3)14-19(20)25-21(29)10-11-22(30)24-15-6-8-17-18(13-15)27-23(31)26-17/h6-9,13-14H,4-5,10-12H2,1-3H3,(H,24,30)(H2,26,27,31). The van der Waals surface area contributed by atoms with E-state index in [2.05, 4.69) is 31.8 Å². The number of anilines is 1. The van der Waals surface area contributed by atoms with E-state index in [1.54, 1.807) is 36.4 Å². The van der Waals surface area contributed by atoms with Gasteiger partial charge in [-0.3, -0.25) is 4.79 Å². The summed E-state index contributed by atoms with van der Waals surface area (Å²) in [5.41, 5.74) is 3.02. The second kappa shape index (κ2) is 9.43. The van der Waals surface area contributed by atoms with E-state index < -0.39 is 10.0 Å². The Morgan fingerprint density at radius 2 is 1.88 bits per heavy atom. The van der Waals surface area contributed by atoms with Gasteiger partial charge in [-0.25, -0.2) is 22.5 Å². The number of unbranched alkanes of at least 4 members (excludes halogenated alkanes) is 1. The van der Waals surface area contributed by atoms with E-state index in [9.17, 15) is 18.0 Å². The van der Waals surface area contributed by atoms with E-state index in [1.165, 1.54) is 18.4 Å². The van der Waals surface area contributed by atoms with Crippen molar-refractivity contribution >= 4 is 43.7 Å². The third kappa shape index (κ3) is 4.75. The molecule has 2 aromatic heterocycles. The van der Waals surface area contributed by atoms with Crippen molar-refractivity contribution in [1.82, 2.24) is 23.8 Å². The first-order valence-corrected chi connectivity index (χ1v) is 12.6. The highest BCUT2D eigenvalue weighted by Gasteiger charge is 2.20. The highest BCUT2D eigenvalue weighted by atomic mass is 32.2. The highest BCUT2D eigenvalue weighted by Crippen LogP contribution is 2.23. The summed E-state index contributed by atoms with van der Waals surface area (Å²) in [5, 5.41) is 2.85. The number of fused-ring (bicyclic) bond motifs is 2. The molecule has 34 heavy (non-hydrogen) atoms. The summed E-state index contributed by atoms with van der Waals surface area (Å²) in [4.78, 5) is 34.2. The number of H-pyrrole nitrogens is 2. The molecule has 0 saturated heterocycles. The van der Waals surface area contributed by atoms with Gasteiger partial charge in [0.15, 0.2) is 0 Å². The van der Waals surface area contributed by atoms with Gasteiger partial charge in [-0.15, -0.1) is 0 Å². The number of aromatic nitrogens is 4. The van der Waals surface area contributed by atoms with Crippen LogP contribution in [0.1, 0.15) is 32.0 Å². The number of benzene rings is 2. The number of nitrogens with one attached hydrogen (secondary N) is 3. The first kappa shape index (κ1) is 23.7. The van der Waals surface area contributed by atoms with Crippen LogP contribution in [0.2, 0.25) is 0 Å². The molecule has 3 N–H and O–H groups in total. The molecule has 10 nitrogen and oxygen atoms in total. The van der Waals surface area contributed by atoms with Crippen LogP contribution in [0.4, 0.5) is 5.69 Å². The second-order valence-electron chi connectivity index (χ2n) is 8.36. The van der Waals surface area contributed by atoms with E-state index >= 15 is 0 Å². The summed E-state index contributed by atoms with van der Waals surface area (Å²) in [6.45, 7) is 2.84. The number of imidazole rings is 2. The number of hydrogen-bond donors (Lipinski definition) is 3. The number of nitrogens with zero attached hydrogens (tertiary/aromatic N) is 3. The monoisotopic (exact) mass is 484 g/mol. The molecule has 0 radical (unpaired) electrons. The zero-order valence-corrected chi connectivity index (χ0v) is 20.2. The average molecular weight is 485 g/mol. The topological polar surface area (TPSA) is 133 Å².